The fourth-order valence-corrected chi connectivity index (χ4v) is 6.51. The number of amides is 1. The van der Waals surface area contributed by atoms with Gasteiger partial charge in [0.05, 0.1) is 25.3 Å². The maximum absolute atomic E-state index is 13.8. The molecule has 0 unspecified atom stereocenters. The monoisotopic (exact) mass is 588 g/mol. The molecule has 1 atom stereocenters. The van der Waals surface area contributed by atoms with Crippen LogP contribution in [0.5, 0.6) is 5.75 Å². The molecular formula is C29H34BrFN2O3S. The molecule has 3 fully saturated rings. The summed E-state index contributed by atoms with van der Waals surface area (Å²) in [6, 6.07) is 16.5. The first-order valence-corrected chi connectivity index (χ1v) is 13.6. The van der Waals surface area contributed by atoms with Crippen LogP contribution < -0.4 is 26.6 Å². The minimum absolute atomic E-state index is 0. The number of hydrogen-bond acceptors (Lipinski definition) is 4. The van der Waals surface area contributed by atoms with Crippen molar-refractivity contribution in [3.05, 3.63) is 81.8 Å². The second kappa shape index (κ2) is 12.0. The molecule has 37 heavy (non-hydrogen) atoms. The molecule has 3 aliphatic rings. The molecule has 4 heterocycles. The number of piperidine rings is 3. The highest BCUT2D eigenvalue weighted by atomic mass is 79.9. The smallest absolute Gasteiger partial charge is 0.415 e. The molecular weight excluding hydrogens is 555 g/mol. The number of para-hydroxylation sites is 1. The number of aryl methyl sites for hydroxylation is 2. The summed E-state index contributed by atoms with van der Waals surface area (Å²) >= 11 is 1.62. The van der Waals surface area contributed by atoms with Crippen molar-refractivity contribution in [3.8, 4) is 5.75 Å². The van der Waals surface area contributed by atoms with Gasteiger partial charge in [-0.15, -0.1) is 11.3 Å². The molecule has 198 valence electrons. The minimum Gasteiger partial charge on any atom is -1.00 e. The molecule has 1 aromatic heterocycles. The highest BCUT2D eigenvalue weighted by Crippen LogP contribution is 2.36. The molecule has 1 amide bonds. The number of benzene rings is 2. The standard InChI is InChI=1S/C29H34FN2O3S.BrH/c1-21-12-17-36-28(21)19-31(26-9-8-24(30)18-22(26)2)29(33)35-27-20-32(13-10-23(27)11-14-32)15-16-34-25-6-4-3-5-7-25;/h3-9,12,17-18,23,27H,10-11,13-16,19-20H2,1-2H3;1H/q+1;/p-1/t23?,27-,32?;/m0./s1. The Hall–Kier alpha value is -2.42. The van der Waals surface area contributed by atoms with E-state index in [1.165, 1.54) is 12.1 Å². The lowest BCUT2D eigenvalue weighted by molar-refractivity contribution is -0.946. The summed E-state index contributed by atoms with van der Waals surface area (Å²) in [7, 11) is 0. The fraction of sp³-hybridized carbons (Fsp3) is 0.414. The Morgan fingerprint density at radius 3 is 2.51 bits per heavy atom. The second-order valence-corrected chi connectivity index (χ2v) is 11.2. The molecule has 0 spiro atoms. The average Bonchev–Trinajstić information content (AvgIpc) is 3.28. The van der Waals surface area contributed by atoms with Crippen molar-refractivity contribution < 1.29 is 40.1 Å². The van der Waals surface area contributed by atoms with E-state index in [9.17, 15) is 9.18 Å². The molecule has 0 aliphatic carbocycles. The van der Waals surface area contributed by atoms with Crippen molar-refractivity contribution in [1.82, 2.24) is 0 Å². The van der Waals surface area contributed by atoms with E-state index in [2.05, 4.69) is 6.07 Å². The van der Waals surface area contributed by atoms with E-state index in [1.807, 2.05) is 49.6 Å². The summed E-state index contributed by atoms with van der Waals surface area (Å²) in [6.45, 7) is 8.88. The van der Waals surface area contributed by atoms with Crippen LogP contribution in [0, 0.1) is 25.6 Å². The normalized spacial score (nSPS) is 22.2. The lowest BCUT2D eigenvalue weighted by atomic mass is 9.83. The number of rotatable bonds is 8. The van der Waals surface area contributed by atoms with Gasteiger partial charge >= 0.3 is 6.09 Å². The van der Waals surface area contributed by atoms with Gasteiger partial charge in [0.1, 0.15) is 31.3 Å². The third-order valence-corrected chi connectivity index (χ3v) is 8.82. The first-order valence-electron chi connectivity index (χ1n) is 12.7. The van der Waals surface area contributed by atoms with Crippen molar-refractivity contribution in [3.63, 3.8) is 0 Å². The zero-order valence-corrected chi connectivity index (χ0v) is 23.8. The predicted molar refractivity (Wildman–Crippen MR) is 141 cm³/mol. The van der Waals surface area contributed by atoms with E-state index in [0.717, 1.165) is 65.3 Å². The molecule has 5 nitrogen and oxygen atoms in total. The van der Waals surface area contributed by atoms with Crippen molar-refractivity contribution in [2.45, 2.75) is 39.3 Å². The fourth-order valence-electron chi connectivity index (χ4n) is 5.62. The summed E-state index contributed by atoms with van der Waals surface area (Å²) in [5, 5.41) is 2.03. The van der Waals surface area contributed by atoms with E-state index < -0.39 is 0 Å². The number of fused-ring (bicyclic) bond motifs is 3. The van der Waals surface area contributed by atoms with Crippen LogP contribution in [0.1, 0.15) is 28.8 Å². The largest absolute Gasteiger partial charge is 1.00 e. The quantitative estimate of drug-likeness (QED) is 0.379. The van der Waals surface area contributed by atoms with Gasteiger partial charge in [0.15, 0.2) is 6.10 Å². The molecule has 3 aromatic rings. The zero-order valence-electron chi connectivity index (χ0n) is 21.4. The Morgan fingerprint density at radius 2 is 1.84 bits per heavy atom. The molecule has 0 saturated carbocycles. The Balaban J connectivity index is 0.00000320. The third kappa shape index (κ3) is 6.36. The van der Waals surface area contributed by atoms with Crippen LogP contribution in [-0.2, 0) is 11.3 Å². The SMILES string of the molecule is Cc1cc(F)ccc1N(Cc1sccc1C)C(=O)O[C@H]1C[N+]2(CCOc3ccccc3)CCC1CC2.[Br-]. The van der Waals surface area contributed by atoms with Crippen molar-refractivity contribution in [1.29, 1.82) is 0 Å². The molecule has 0 N–H and O–H groups in total. The van der Waals surface area contributed by atoms with Gasteiger partial charge in [-0.1, -0.05) is 18.2 Å². The number of carbonyl (C=O) groups is 1. The van der Waals surface area contributed by atoms with Gasteiger partial charge in [0.2, 0.25) is 0 Å². The Bertz CT molecular complexity index is 1200. The number of halogens is 2. The molecule has 0 radical (unpaired) electrons. The van der Waals surface area contributed by atoms with Gasteiger partial charge in [0, 0.05) is 23.6 Å². The number of carbonyl (C=O) groups excluding carboxylic acids is 1. The van der Waals surface area contributed by atoms with E-state index in [4.69, 9.17) is 9.47 Å². The van der Waals surface area contributed by atoms with E-state index in [-0.39, 0.29) is 35.0 Å². The highest BCUT2D eigenvalue weighted by Gasteiger charge is 2.48. The first kappa shape index (κ1) is 27.6. The van der Waals surface area contributed by atoms with E-state index >= 15 is 0 Å². The Kier molecular flexibility index (Phi) is 8.93. The number of ether oxygens (including phenoxy) is 2. The summed E-state index contributed by atoms with van der Waals surface area (Å²) in [5.74, 6) is 0.974. The number of quaternary nitrogens is 1. The zero-order chi connectivity index (χ0) is 25.1. The van der Waals surface area contributed by atoms with Crippen LogP contribution in [0.2, 0.25) is 0 Å². The lowest BCUT2D eigenvalue weighted by Crippen LogP contribution is -3.00. The van der Waals surface area contributed by atoms with Crippen LogP contribution in [0.3, 0.4) is 0 Å². The number of nitrogens with zero attached hydrogens (tertiary/aromatic N) is 2. The molecule has 2 bridgehead atoms. The van der Waals surface area contributed by atoms with E-state index in [1.54, 1.807) is 22.3 Å². The van der Waals surface area contributed by atoms with Crippen LogP contribution >= 0.6 is 11.3 Å². The minimum atomic E-state index is -0.352. The number of thiophene rings is 1. The number of anilines is 1. The average molecular weight is 590 g/mol. The molecule has 3 saturated heterocycles. The van der Waals surface area contributed by atoms with Crippen LogP contribution in [0.15, 0.2) is 60.0 Å². The summed E-state index contributed by atoms with van der Waals surface area (Å²) < 4.78 is 27.0. The molecule has 3 aliphatic heterocycles. The Labute approximate surface area is 233 Å². The van der Waals surface area contributed by atoms with Crippen LogP contribution in [-0.4, -0.2) is 49.5 Å². The van der Waals surface area contributed by atoms with Gasteiger partial charge in [0.25, 0.3) is 0 Å². The lowest BCUT2D eigenvalue weighted by Gasteiger charge is -2.52. The summed E-state index contributed by atoms with van der Waals surface area (Å²) in [5.41, 5.74) is 2.55. The van der Waals surface area contributed by atoms with Gasteiger partial charge in [-0.25, -0.2) is 9.18 Å². The van der Waals surface area contributed by atoms with Gasteiger partial charge < -0.3 is 30.9 Å². The first-order chi connectivity index (χ1) is 17.4. The molecule has 6 rings (SSSR count). The van der Waals surface area contributed by atoms with Crippen molar-refractivity contribution in [2.24, 2.45) is 5.92 Å². The second-order valence-electron chi connectivity index (χ2n) is 10.2. The predicted octanol–water partition coefficient (Wildman–Crippen LogP) is 3.34. The van der Waals surface area contributed by atoms with Crippen molar-refractivity contribution in [2.75, 3.05) is 37.7 Å². The Morgan fingerprint density at radius 1 is 1.08 bits per heavy atom. The van der Waals surface area contributed by atoms with Crippen molar-refractivity contribution >= 4 is 23.1 Å². The summed E-state index contributed by atoms with van der Waals surface area (Å²) in [4.78, 5) is 16.4. The highest BCUT2D eigenvalue weighted by molar-refractivity contribution is 7.10. The number of hydrogen-bond donors (Lipinski definition) is 0. The maximum Gasteiger partial charge on any atom is 0.415 e. The van der Waals surface area contributed by atoms with Gasteiger partial charge in [-0.3, -0.25) is 4.90 Å². The maximum atomic E-state index is 13.8. The molecule has 8 heteroatoms. The van der Waals surface area contributed by atoms with E-state index in [0.29, 0.717) is 24.8 Å². The summed E-state index contributed by atoms with van der Waals surface area (Å²) in [6.07, 6.45) is 1.64. The van der Waals surface area contributed by atoms with Gasteiger partial charge in [-0.2, -0.15) is 0 Å². The van der Waals surface area contributed by atoms with Crippen LogP contribution in [0.4, 0.5) is 14.9 Å². The van der Waals surface area contributed by atoms with Gasteiger partial charge in [-0.05, 0) is 66.8 Å². The topological polar surface area (TPSA) is 38.8 Å². The third-order valence-electron chi connectivity index (χ3n) is 7.81. The van der Waals surface area contributed by atoms with Crippen LogP contribution in [0.25, 0.3) is 0 Å². The molecule has 2 aromatic carbocycles.